The van der Waals surface area contributed by atoms with Gasteiger partial charge in [0.15, 0.2) is 0 Å². The van der Waals surface area contributed by atoms with Gasteiger partial charge in [-0.1, -0.05) is 36.8 Å². The van der Waals surface area contributed by atoms with Gasteiger partial charge in [0.25, 0.3) is 0 Å². The summed E-state index contributed by atoms with van der Waals surface area (Å²) in [7, 11) is 0. The van der Waals surface area contributed by atoms with Crippen LogP contribution in [0.5, 0.6) is 0 Å². The van der Waals surface area contributed by atoms with Gasteiger partial charge in [-0.15, -0.1) is 0 Å². The molecule has 0 aliphatic heterocycles. The number of benzene rings is 1. The zero-order valence-electron chi connectivity index (χ0n) is 13.6. The molecule has 2 aliphatic rings. The van der Waals surface area contributed by atoms with Crippen molar-refractivity contribution in [1.29, 1.82) is 0 Å². The second-order valence-electron chi connectivity index (χ2n) is 6.82. The topological polar surface area (TPSA) is 58.2 Å². The summed E-state index contributed by atoms with van der Waals surface area (Å²) in [4.78, 5) is 23.8. The third kappa shape index (κ3) is 4.57. The molecular formula is C19H26N2O2. The Hall–Kier alpha value is -1.84. The average molecular weight is 314 g/mol. The predicted octanol–water partition coefficient (Wildman–Crippen LogP) is 2.95. The van der Waals surface area contributed by atoms with E-state index in [1.165, 1.54) is 24.8 Å². The first-order chi connectivity index (χ1) is 11.2. The second kappa shape index (κ2) is 7.62. The van der Waals surface area contributed by atoms with Crippen molar-refractivity contribution in [2.24, 2.45) is 11.8 Å². The molecule has 0 aromatic heterocycles. The molecule has 0 saturated heterocycles. The number of carbonyl (C=O) groups is 2. The van der Waals surface area contributed by atoms with E-state index in [0.717, 1.165) is 12.8 Å². The third-order valence-corrected chi connectivity index (χ3v) is 4.92. The molecule has 0 unspecified atom stereocenters. The summed E-state index contributed by atoms with van der Waals surface area (Å²) < 4.78 is 0. The molecule has 2 amide bonds. The average Bonchev–Trinajstić information content (AvgIpc) is 3.35. The molecule has 3 rings (SSSR count). The summed E-state index contributed by atoms with van der Waals surface area (Å²) in [5.41, 5.74) is 1.20. The zero-order valence-corrected chi connectivity index (χ0v) is 13.6. The van der Waals surface area contributed by atoms with Crippen molar-refractivity contribution in [1.82, 2.24) is 10.6 Å². The Morgan fingerprint density at radius 2 is 1.83 bits per heavy atom. The van der Waals surface area contributed by atoms with Crippen molar-refractivity contribution in [3.63, 3.8) is 0 Å². The Balaban J connectivity index is 1.43. The van der Waals surface area contributed by atoms with Crippen molar-refractivity contribution in [3.05, 3.63) is 35.9 Å². The number of hydrogen-bond acceptors (Lipinski definition) is 2. The van der Waals surface area contributed by atoms with Crippen LogP contribution in [-0.4, -0.2) is 18.4 Å². The molecule has 0 radical (unpaired) electrons. The molecule has 1 atom stereocenters. The van der Waals surface area contributed by atoms with Gasteiger partial charge in [-0.2, -0.15) is 0 Å². The van der Waals surface area contributed by atoms with Gasteiger partial charge in [-0.3, -0.25) is 9.59 Å². The minimum atomic E-state index is 0.0893. The van der Waals surface area contributed by atoms with E-state index in [2.05, 4.69) is 22.8 Å². The fourth-order valence-electron chi connectivity index (χ4n) is 3.10. The van der Waals surface area contributed by atoms with Crippen LogP contribution in [0.3, 0.4) is 0 Å². The molecule has 1 aromatic carbocycles. The molecule has 0 spiro atoms. The summed E-state index contributed by atoms with van der Waals surface area (Å²) >= 11 is 0. The highest BCUT2D eigenvalue weighted by atomic mass is 16.2. The number of nitrogens with one attached hydrogen (secondary N) is 2. The van der Waals surface area contributed by atoms with Crippen molar-refractivity contribution < 1.29 is 9.59 Å². The third-order valence-electron chi connectivity index (χ3n) is 4.92. The van der Waals surface area contributed by atoms with Crippen LogP contribution in [0.2, 0.25) is 0 Å². The maximum atomic E-state index is 12.2. The Labute approximate surface area is 138 Å². The van der Waals surface area contributed by atoms with E-state index in [1.54, 1.807) is 0 Å². The fourth-order valence-corrected chi connectivity index (χ4v) is 3.10. The van der Waals surface area contributed by atoms with Crippen LogP contribution in [0.1, 0.15) is 56.6 Å². The van der Waals surface area contributed by atoms with Gasteiger partial charge in [-0.05, 0) is 43.6 Å². The van der Waals surface area contributed by atoms with E-state index in [-0.39, 0.29) is 23.8 Å². The SMILES string of the molecule is O=C(CCCNC(=O)C1CC1)N[C@H](c1ccccc1)C1CCC1. The molecule has 0 heterocycles. The van der Waals surface area contributed by atoms with Crippen LogP contribution in [0.15, 0.2) is 30.3 Å². The molecule has 0 bridgehead atoms. The van der Waals surface area contributed by atoms with E-state index in [1.807, 2.05) is 18.2 Å². The van der Waals surface area contributed by atoms with Crippen LogP contribution in [0, 0.1) is 11.8 Å². The van der Waals surface area contributed by atoms with E-state index < -0.39 is 0 Å². The van der Waals surface area contributed by atoms with E-state index in [4.69, 9.17) is 0 Å². The highest BCUT2D eigenvalue weighted by Crippen LogP contribution is 2.37. The summed E-state index contributed by atoms with van der Waals surface area (Å²) in [5.74, 6) is 1.05. The summed E-state index contributed by atoms with van der Waals surface area (Å²) in [5, 5.41) is 6.12. The first-order valence-electron chi connectivity index (χ1n) is 8.86. The zero-order chi connectivity index (χ0) is 16.1. The van der Waals surface area contributed by atoms with Gasteiger partial charge < -0.3 is 10.6 Å². The Morgan fingerprint density at radius 3 is 2.43 bits per heavy atom. The standard InChI is InChI=1S/C19H26N2O2/c22-17(10-5-13-20-19(23)16-11-12-16)21-18(15-8-4-9-15)14-6-2-1-3-7-14/h1-3,6-7,15-16,18H,4-5,8-13H2,(H,20,23)(H,21,22)/t18-/m1/s1. The highest BCUT2D eigenvalue weighted by molar-refractivity contribution is 5.81. The lowest BCUT2D eigenvalue weighted by Gasteiger charge is -2.34. The lowest BCUT2D eigenvalue weighted by molar-refractivity contribution is -0.124. The van der Waals surface area contributed by atoms with Crippen molar-refractivity contribution in [2.45, 2.75) is 51.0 Å². The molecule has 1 aromatic rings. The van der Waals surface area contributed by atoms with Gasteiger partial charge in [0.2, 0.25) is 11.8 Å². The van der Waals surface area contributed by atoms with Crippen LogP contribution >= 0.6 is 0 Å². The van der Waals surface area contributed by atoms with Crippen LogP contribution in [0.25, 0.3) is 0 Å². The maximum absolute atomic E-state index is 12.2. The van der Waals surface area contributed by atoms with E-state index in [0.29, 0.717) is 25.3 Å². The maximum Gasteiger partial charge on any atom is 0.223 e. The van der Waals surface area contributed by atoms with Crippen LogP contribution < -0.4 is 10.6 Å². The molecule has 2 N–H and O–H groups in total. The Kier molecular flexibility index (Phi) is 5.31. The largest absolute Gasteiger partial charge is 0.356 e. The summed E-state index contributed by atoms with van der Waals surface area (Å²) in [6, 6.07) is 10.4. The number of hydrogen-bond donors (Lipinski definition) is 2. The summed E-state index contributed by atoms with van der Waals surface area (Å²) in [6.45, 7) is 0.599. The minimum absolute atomic E-state index is 0.0893. The van der Waals surface area contributed by atoms with Gasteiger partial charge >= 0.3 is 0 Å². The summed E-state index contributed by atoms with van der Waals surface area (Å²) in [6.07, 6.45) is 6.86. The van der Waals surface area contributed by atoms with E-state index >= 15 is 0 Å². The van der Waals surface area contributed by atoms with Crippen molar-refractivity contribution >= 4 is 11.8 Å². The molecule has 4 nitrogen and oxygen atoms in total. The molecule has 23 heavy (non-hydrogen) atoms. The van der Waals surface area contributed by atoms with E-state index in [9.17, 15) is 9.59 Å². The fraction of sp³-hybridized carbons (Fsp3) is 0.579. The number of carbonyl (C=O) groups excluding carboxylic acids is 2. The quantitative estimate of drug-likeness (QED) is 0.725. The smallest absolute Gasteiger partial charge is 0.223 e. The normalized spacial score (nSPS) is 18.8. The minimum Gasteiger partial charge on any atom is -0.356 e. The molecule has 2 fully saturated rings. The van der Waals surface area contributed by atoms with Crippen molar-refractivity contribution in [3.8, 4) is 0 Å². The first-order valence-corrected chi connectivity index (χ1v) is 8.86. The van der Waals surface area contributed by atoms with Gasteiger partial charge in [-0.25, -0.2) is 0 Å². The van der Waals surface area contributed by atoms with Gasteiger partial charge in [0, 0.05) is 18.9 Å². The molecule has 124 valence electrons. The van der Waals surface area contributed by atoms with Gasteiger partial charge in [0.1, 0.15) is 0 Å². The molecule has 2 aliphatic carbocycles. The predicted molar refractivity (Wildman–Crippen MR) is 89.6 cm³/mol. The highest BCUT2D eigenvalue weighted by Gasteiger charge is 2.30. The van der Waals surface area contributed by atoms with Crippen molar-refractivity contribution in [2.75, 3.05) is 6.54 Å². The molecular weight excluding hydrogens is 288 g/mol. The Bertz CT molecular complexity index is 536. The van der Waals surface area contributed by atoms with Crippen LogP contribution in [0.4, 0.5) is 0 Å². The first kappa shape index (κ1) is 16.0. The van der Waals surface area contributed by atoms with Crippen LogP contribution in [-0.2, 0) is 9.59 Å². The molecule has 2 saturated carbocycles. The Morgan fingerprint density at radius 1 is 1.09 bits per heavy atom. The lowest BCUT2D eigenvalue weighted by Crippen LogP contribution is -2.36. The van der Waals surface area contributed by atoms with Gasteiger partial charge in [0.05, 0.1) is 6.04 Å². The monoisotopic (exact) mass is 314 g/mol. The molecule has 4 heteroatoms. The number of rotatable bonds is 8. The second-order valence-corrected chi connectivity index (χ2v) is 6.82. The number of amides is 2. The lowest BCUT2D eigenvalue weighted by atomic mass is 9.77.